The van der Waals surface area contributed by atoms with Gasteiger partial charge >= 0.3 is 0 Å². The molecule has 1 saturated heterocycles. The van der Waals surface area contributed by atoms with Gasteiger partial charge in [-0.05, 0) is 24.6 Å². The van der Waals surface area contributed by atoms with Crippen LogP contribution in [0, 0.1) is 0 Å². The summed E-state index contributed by atoms with van der Waals surface area (Å²) in [6, 6.07) is 7.96. The van der Waals surface area contributed by atoms with E-state index in [1.165, 1.54) is 5.56 Å². The summed E-state index contributed by atoms with van der Waals surface area (Å²) in [5, 5.41) is 3.49. The van der Waals surface area contributed by atoms with Gasteiger partial charge in [0.1, 0.15) is 0 Å². The summed E-state index contributed by atoms with van der Waals surface area (Å²) in [4.78, 5) is 16.3. The monoisotopic (exact) mass is 295 g/mol. The quantitative estimate of drug-likeness (QED) is 0.916. The Hall–Kier alpha value is -1.10. The molecule has 1 atom stereocenters. The van der Waals surface area contributed by atoms with Gasteiger partial charge in [0, 0.05) is 44.8 Å². The van der Waals surface area contributed by atoms with Crippen molar-refractivity contribution in [2.24, 2.45) is 0 Å². The first-order chi connectivity index (χ1) is 9.60. The summed E-state index contributed by atoms with van der Waals surface area (Å²) in [5.41, 5.74) is 1.28. The average molecular weight is 296 g/mol. The van der Waals surface area contributed by atoms with Gasteiger partial charge in [0.25, 0.3) is 0 Å². The highest BCUT2D eigenvalue weighted by Gasteiger charge is 2.24. The third kappa shape index (κ3) is 3.95. The topological polar surface area (TPSA) is 35.6 Å². The summed E-state index contributed by atoms with van der Waals surface area (Å²) in [5.74, 6) is 0.0937. The Morgan fingerprint density at radius 2 is 1.85 bits per heavy atom. The van der Waals surface area contributed by atoms with Crippen LogP contribution < -0.4 is 5.32 Å². The van der Waals surface area contributed by atoms with Crippen molar-refractivity contribution >= 4 is 17.5 Å². The zero-order valence-corrected chi connectivity index (χ0v) is 12.9. The Morgan fingerprint density at radius 3 is 2.40 bits per heavy atom. The number of piperazine rings is 1. The predicted molar refractivity (Wildman–Crippen MR) is 81.8 cm³/mol. The predicted octanol–water partition coefficient (Wildman–Crippen LogP) is 1.59. The minimum Gasteiger partial charge on any atom is -0.358 e. The number of hydrogen-bond donors (Lipinski definition) is 1. The van der Waals surface area contributed by atoms with E-state index in [0.29, 0.717) is 0 Å². The Bertz CT molecular complexity index is 441. The molecule has 1 heterocycles. The minimum absolute atomic E-state index is 0.0438. The molecule has 1 amide bonds. The molecule has 110 valence electrons. The molecule has 0 aliphatic carbocycles. The van der Waals surface area contributed by atoms with E-state index in [1.54, 1.807) is 7.05 Å². The fraction of sp³-hybridized carbons (Fsp3) is 0.533. The highest BCUT2D eigenvalue weighted by atomic mass is 35.5. The van der Waals surface area contributed by atoms with Crippen molar-refractivity contribution in [2.45, 2.75) is 19.5 Å². The Morgan fingerprint density at radius 1 is 1.25 bits per heavy atom. The molecule has 1 aliphatic heterocycles. The highest BCUT2D eigenvalue weighted by Crippen LogP contribution is 2.13. The smallest absolute Gasteiger partial charge is 0.236 e. The zero-order valence-electron chi connectivity index (χ0n) is 12.1. The van der Waals surface area contributed by atoms with Crippen molar-refractivity contribution in [3.63, 3.8) is 0 Å². The van der Waals surface area contributed by atoms with Gasteiger partial charge in [-0.3, -0.25) is 14.6 Å². The van der Waals surface area contributed by atoms with Crippen molar-refractivity contribution in [3.8, 4) is 0 Å². The lowest BCUT2D eigenvalue weighted by Gasteiger charge is -2.37. The first kappa shape index (κ1) is 15.3. The van der Waals surface area contributed by atoms with Crippen LogP contribution in [0.5, 0.6) is 0 Å². The van der Waals surface area contributed by atoms with E-state index in [-0.39, 0.29) is 11.9 Å². The maximum atomic E-state index is 11.6. The number of rotatable bonds is 4. The number of likely N-dealkylation sites (N-methyl/N-ethyl adjacent to an activating group) is 1. The number of nitrogens with one attached hydrogen (secondary N) is 1. The molecular weight excluding hydrogens is 274 g/mol. The Balaban J connectivity index is 1.82. The van der Waals surface area contributed by atoms with Gasteiger partial charge in [-0.15, -0.1) is 0 Å². The fourth-order valence-electron chi connectivity index (χ4n) is 2.53. The largest absolute Gasteiger partial charge is 0.358 e. The van der Waals surface area contributed by atoms with Crippen molar-refractivity contribution in [3.05, 3.63) is 34.9 Å². The van der Waals surface area contributed by atoms with Crippen LogP contribution in [-0.2, 0) is 11.3 Å². The van der Waals surface area contributed by atoms with E-state index in [4.69, 9.17) is 11.6 Å². The Kier molecular flexibility index (Phi) is 5.40. The number of halogens is 1. The van der Waals surface area contributed by atoms with E-state index in [0.717, 1.165) is 37.7 Å². The summed E-state index contributed by atoms with van der Waals surface area (Å²) >= 11 is 5.89. The second-order valence-electron chi connectivity index (χ2n) is 5.23. The molecule has 2 rings (SSSR count). The lowest BCUT2D eigenvalue weighted by atomic mass is 10.1. The standard InChI is InChI=1S/C15H22ClN3O/c1-12(15(20)17-2)19-9-7-18(8-10-19)11-13-3-5-14(16)6-4-13/h3-6,12H,7-11H2,1-2H3,(H,17,20)/t12-/m1/s1. The number of amides is 1. The van der Waals surface area contributed by atoms with Crippen LogP contribution in [0.1, 0.15) is 12.5 Å². The molecule has 1 fully saturated rings. The molecule has 1 aliphatic rings. The molecular formula is C15H22ClN3O. The summed E-state index contributed by atoms with van der Waals surface area (Å²) < 4.78 is 0. The number of carbonyl (C=O) groups excluding carboxylic acids is 1. The molecule has 0 spiro atoms. The second kappa shape index (κ2) is 7.07. The molecule has 0 radical (unpaired) electrons. The van der Waals surface area contributed by atoms with Crippen LogP contribution in [0.4, 0.5) is 0 Å². The number of carbonyl (C=O) groups is 1. The molecule has 20 heavy (non-hydrogen) atoms. The van der Waals surface area contributed by atoms with Crippen LogP contribution in [0.25, 0.3) is 0 Å². The highest BCUT2D eigenvalue weighted by molar-refractivity contribution is 6.30. The van der Waals surface area contributed by atoms with Gasteiger partial charge in [-0.25, -0.2) is 0 Å². The molecule has 0 unspecified atom stereocenters. The number of hydrogen-bond acceptors (Lipinski definition) is 3. The number of benzene rings is 1. The minimum atomic E-state index is -0.0438. The third-order valence-electron chi connectivity index (χ3n) is 3.90. The van der Waals surface area contributed by atoms with Crippen LogP contribution >= 0.6 is 11.6 Å². The maximum Gasteiger partial charge on any atom is 0.236 e. The molecule has 0 saturated carbocycles. The maximum absolute atomic E-state index is 11.6. The fourth-order valence-corrected chi connectivity index (χ4v) is 2.66. The average Bonchev–Trinajstić information content (AvgIpc) is 2.49. The molecule has 1 aromatic carbocycles. The van der Waals surface area contributed by atoms with Gasteiger partial charge in [-0.2, -0.15) is 0 Å². The van der Waals surface area contributed by atoms with E-state index in [1.807, 2.05) is 19.1 Å². The van der Waals surface area contributed by atoms with Crippen LogP contribution in [0.3, 0.4) is 0 Å². The third-order valence-corrected chi connectivity index (χ3v) is 4.15. The summed E-state index contributed by atoms with van der Waals surface area (Å²) in [6.45, 7) is 6.76. The lowest BCUT2D eigenvalue weighted by Crippen LogP contribution is -2.53. The van der Waals surface area contributed by atoms with Gasteiger partial charge in [0.2, 0.25) is 5.91 Å². The molecule has 0 aromatic heterocycles. The van der Waals surface area contributed by atoms with Crippen molar-refractivity contribution in [1.82, 2.24) is 15.1 Å². The molecule has 1 N–H and O–H groups in total. The van der Waals surface area contributed by atoms with Crippen molar-refractivity contribution in [2.75, 3.05) is 33.2 Å². The lowest BCUT2D eigenvalue weighted by molar-refractivity contribution is -0.126. The Labute approximate surface area is 125 Å². The van der Waals surface area contributed by atoms with Gasteiger partial charge in [0.15, 0.2) is 0 Å². The van der Waals surface area contributed by atoms with Gasteiger partial charge < -0.3 is 5.32 Å². The van der Waals surface area contributed by atoms with E-state index >= 15 is 0 Å². The number of nitrogens with zero attached hydrogens (tertiary/aromatic N) is 2. The van der Waals surface area contributed by atoms with Crippen LogP contribution in [0.15, 0.2) is 24.3 Å². The zero-order chi connectivity index (χ0) is 14.5. The second-order valence-corrected chi connectivity index (χ2v) is 5.67. The van der Waals surface area contributed by atoms with Crippen LogP contribution in [-0.4, -0.2) is 55.0 Å². The van der Waals surface area contributed by atoms with Crippen molar-refractivity contribution in [1.29, 1.82) is 0 Å². The normalized spacial score (nSPS) is 18.8. The van der Waals surface area contributed by atoms with E-state index in [9.17, 15) is 4.79 Å². The molecule has 5 heteroatoms. The molecule has 4 nitrogen and oxygen atoms in total. The van der Waals surface area contributed by atoms with E-state index in [2.05, 4.69) is 27.2 Å². The first-order valence-electron chi connectivity index (χ1n) is 7.02. The summed E-state index contributed by atoms with van der Waals surface area (Å²) in [6.07, 6.45) is 0. The molecule has 0 bridgehead atoms. The van der Waals surface area contributed by atoms with Crippen LogP contribution in [0.2, 0.25) is 5.02 Å². The van der Waals surface area contributed by atoms with Gasteiger partial charge in [0.05, 0.1) is 6.04 Å². The van der Waals surface area contributed by atoms with E-state index < -0.39 is 0 Å². The van der Waals surface area contributed by atoms with Crippen molar-refractivity contribution < 1.29 is 4.79 Å². The molecule has 1 aromatic rings. The SMILES string of the molecule is CNC(=O)[C@@H](C)N1CCN(Cc2ccc(Cl)cc2)CC1. The summed E-state index contributed by atoms with van der Waals surface area (Å²) in [7, 11) is 1.69. The van der Waals surface area contributed by atoms with Gasteiger partial charge in [-0.1, -0.05) is 23.7 Å². The first-order valence-corrected chi connectivity index (χ1v) is 7.40.